The summed E-state index contributed by atoms with van der Waals surface area (Å²) in [6.07, 6.45) is 65.8. The second-order valence-electron chi connectivity index (χ2n) is 22.4. The number of unbranched alkanes of at least 4 members (excludes halogenated alkanes) is 43. The van der Waals surface area contributed by atoms with Crippen LogP contribution in [0.3, 0.4) is 0 Å². The third-order valence-corrected chi connectivity index (χ3v) is 15.1. The number of nitrogens with zero attached hydrogens (tertiary/aromatic N) is 1. The molecule has 0 fully saturated rings. The van der Waals surface area contributed by atoms with Crippen LogP contribution in [0.2, 0.25) is 0 Å². The van der Waals surface area contributed by atoms with Crippen LogP contribution in [0.1, 0.15) is 316 Å². The highest BCUT2D eigenvalue weighted by Crippen LogP contribution is 2.43. The highest BCUT2D eigenvalue weighted by molar-refractivity contribution is 7.47. The zero-order chi connectivity index (χ0) is 51.2. The average Bonchev–Trinajstić information content (AvgIpc) is 3.32. The van der Waals surface area contributed by atoms with Gasteiger partial charge in [0.25, 0.3) is 0 Å². The minimum absolute atomic E-state index is 0.0929. The molecule has 0 aliphatic heterocycles. The van der Waals surface area contributed by atoms with E-state index in [0.29, 0.717) is 24.1 Å². The Bertz CT molecular complexity index is 1130. The van der Waals surface area contributed by atoms with Gasteiger partial charge in [-0.05, 0) is 38.5 Å². The normalized spacial score (nSPS) is 13.4. The molecule has 0 bridgehead atoms. The van der Waals surface area contributed by atoms with Crippen LogP contribution in [0.25, 0.3) is 0 Å². The molecule has 9 heteroatoms. The van der Waals surface area contributed by atoms with Crippen molar-refractivity contribution in [2.24, 2.45) is 0 Å². The summed E-state index contributed by atoms with van der Waals surface area (Å²) in [5, 5.41) is 0. The molecule has 2 unspecified atom stereocenters. The van der Waals surface area contributed by atoms with Gasteiger partial charge < -0.3 is 18.9 Å². The Balaban J connectivity index is 3.99. The summed E-state index contributed by atoms with van der Waals surface area (Å²) in [5.41, 5.74) is 0. The summed E-state index contributed by atoms with van der Waals surface area (Å²) in [6.45, 7) is 5.71. The molecule has 0 aliphatic rings. The molecule has 0 heterocycles. The van der Waals surface area contributed by atoms with Gasteiger partial charge in [0.15, 0.2) is 0 Å². The number of allylic oxidation sites excluding steroid dienone is 2. The van der Waals surface area contributed by atoms with Gasteiger partial charge in [0, 0.05) is 13.0 Å². The van der Waals surface area contributed by atoms with Gasteiger partial charge in [0.2, 0.25) is 0 Å². The molecular weight excluding hydrogens is 890 g/mol. The Labute approximate surface area is 437 Å². The number of phosphoric acid groups is 1. The number of hydrogen-bond acceptors (Lipinski definition) is 6. The minimum atomic E-state index is -4.28. The van der Waals surface area contributed by atoms with E-state index in [-0.39, 0.29) is 25.8 Å². The fraction of sp³-hybridized carbons (Fsp3) is 0.951. The highest BCUT2D eigenvalue weighted by atomic mass is 31.2. The fourth-order valence-electron chi connectivity index (χ4n) is 9.32. The zero-order valence-electron chi connectivity index (χ0n) is 47.8. The van der Waals surface area contributed by atoms with E-state index >= 15 is 0 Å². The molecule has 70 heavy (non-hydrogen) atoms. The highest BCUT2D eigenvalue weighted by Gasteiger charge is 2.26. The van der Waals surface area contributed by atoms with Crippen LogP contribution >= 0.6 is 7.82 Å². The van der Waals surface area contributed by atoms with Crippen LogP contribution in [0, 0.1) is 0 Å². The maximum absolute atomic E-state index is 12.8. The van der Waals surface area contributed by atoms with Gasteiger partial charge in [-0.3, -0.25) is 13.8 Å². The van der Waals surface area contributed by atoms with Crippen molar-refractivity contribution in [2.75, 3.05) is 54.1 Å². The zero-order valence-corrected chi connectivity index (χ0v) is 48.7. The predicted molar refractivity (Wildman–Crippen MR) is 303 cm³/mol. The van der Waals surface area contributed by atoms with E-state index in [1.807, 2.05) is 21.1 Å². The van der Waals surface area contributed by atoms with Crippen LogP contribution in [0.4, 0.5) is 0 Å². The monoisotopic (exact) mass is 1010 g/mol. The summed E-state index contributed by atoms with van der Waals surface area (Å²) in [6, 6.07) is 0. The number of esters is 1. The first-order valence-electron chi connectivity index (χ1n) is 30.9. The lowest BCUT2D eigenvalue weighted by molar-refractivity contribution is -0.870. The van der Waals surface area contributed by atoms with E-state index in [4.69, 9.17) is 18.5 Å². The largest absolute Gasteiger partial charge is 0.472 e. The molecule has 418 valence electrons. The van der Waals surface area contributed by atoms with Crippen molar-refractivity contribution < 1.29 is 37.3 Å². The van der Waals surface area contributed by atoms with Gasteiger partial charge in [-0.25, -0.2) is 4.57 Å². The lowest BCUT2D eigenvalue weighted by Crippen LogP contribution is -2.37. The molecule has 0 aromatic heterocycles. The predicted octanol–water partition coefficient (Wildman–Crippen LogP) is 19.7. The molecule has 0 aromatic rings. The van der Waals surface area contributed by atoms with Crippen molar-refractivity contribution in [3.8, 4) is 0 Å². The minimum Gasteiger partial charge on any atom is -0.457 e. The quantitative estimate of drug-likeness (QED) is 0.0213. The van der Waals surface area contributed by atoms with Crippen LogP contribution in [0.5, 0.6) is 0 Å². The molecule has 0 spiro atoms. The Hall–Kier alpha value is -0.760. The number of phosphoric ester groups is 1. The molecule has 0 amide bonds. The third-order valence-electron chi connectivity index (χ3n) is 14.1. The first kappa shape index (κ1) is 69.2. The number of likely N-dealkylation sites (N-methyl/N-ethyl adjacent to an activating group) is 1. The average molecular weight is 1010 g/mol. The van der Waals surface area contributed by atoms with Crippen molar-refractivity contribution >= 4 is 13.8 Å². The Morgan fingerprint density at radius 2 is 0.743 bits per heavy atom. The molecule has 8 nitrogen and oxygen atoms in total. The van der Waals surface area contributed by atoms with Crippen LogP contribution in [-0.2, 0) is 27.9 Å². The maximum atomic E-state index is 12.8. The van der Waals surface area contributed by atoms with Crippen LogP contribution in [0.15, 0.2) is 12.2 Å². The molecule has 0 radical (unpaired) electrons. The van der Waals surface area contributed by atoms with E-state index in [1.54, 1.807) is 0 Å². The Morgan fingerprint density at radius 1 is 0.429 bits per heavy atom. The summed E-state index contributed by atoms with van der Waals surface area (Å²) >= 11 is 0. The first-order chi connectivity index (χ1) is 34.1. The second-order valence-corrected chi connectivity index (χ2v) is 23.9. The number of carbonyl (C=O) groups is 1. The van der Waals surface area contributed by atoms with E-state index < -0.39 is 13.9 Å². The van der Waals surface area contributed by atoms with Gasteiger partial charge in [-0.2, -0.15) is 0 Å². The smallest absolute Gasteiger partial charge is 0.457 e. The van der Waals surface area contributed by atoms with Crippen molar-refractivity contribution in [1.29, 1.82) is 0 Å². The van der Waals surface area contributed by atoms with Gasteiger partial charge in [-0.1, -0.05) is 283 Å². The second kappa shape index (κ2) is 54.5. The van der Waals surface area contributed by atoms with Gasteiger partial charge in [0.05, 0.1) is 34.4 Å². The standard InChI is InChI=1S/C61H122NO7P/c1-6-8-10-12-14-16-18-20-22-24-26-28-30-31-32-34-36-38-40-42-44-46-48-50-52-54-61(63)69-60(59-68-70(64,65)67-57-55-62(3,4)5)58-66-56-53-51-49-47-45-43-41-39-37-35-33-29-27-25-23-21-19-17-15-13-11-9-7-2/h24,26,60H,6-23,25,27-59H2,1-5H3/p+1/b26-24-. The maximum Gasteiger partial charge on any atom is 0.472 e. The third kappa shape index (κ3) is 58.1. The van der Waals surface area contributed by atoms with E-state index in [0.717, 1.165) is 32.1 Å². The number of carbonyl (C=O) groups excluding carboxylic acids is 1. The number of quaternary nitrogens is 1. The number of rotatable bonds is 59. The number of hydrogen-bond donors (Lipinski definition) is 1. The van der Waals surface area contributed by atoms with Gasteiger partial charge >= 0.3 is 13.8 Å². The molecule has 2 atom stereocenters. The molecule has 1 N–H and O–H groups in total. The molecule has 0 rings (SSSR count). The fourth-order valence-corrected chi connectivity index (χ4v) is 10.1. The summed E-state index contributed by atoms with van der Waals surface area (Å²) in [4.78, 5) is 23.1. The topological polar surface area (TPSA) is 91.3 Å². The van der Waals surface area contributed by atoms with Crippen molar-refractivity contribution in [3.63, 3.8) is 0 Å². The van der Waals surface area contributed by atoms with Gasteiger partial charge in [-0.15, -0.1) is 0 Å². The van der Waals surface area contributed by atoms with Crippen LogP contribution in [-0.4, -0.2) is 75.6 Å². The van der Waals surface area contributed by atoms with E-state index in [2.05, 4.69) is 26.0 Å². The summed E-state index contributed by atoms with van der Waals surface area (Å²) in [5.74, 6) is -0.305. The van der Waals surface area contributed by atoms with Crippen LogP contribution < -0.4 is 0 Å². The molecule has 0 aliphatic carbocycles. The Morgan fingerprint density at radius 3 is 1.09 bits per heavy atom. The van der Waals surface area contributed by atoms with Gasteiger partial charge in [0.1, 0.15) is 19.3 Å². The molecule has 0 saturated carbocycles. The molecule has 0 aromatic carbocycles. The Kier molecular flexibility index (Phi) is 53.9. The lowest BCUT2D eigenvalue weighted by atomic mass is 10.0. The molecule has 0 saturated heterocycles. The van der Waals surface area contributed by atoms with E-state index in [9.17, 15) is 14.3 Å². The van der Waals surface area contributed by atoms with Crippen molar-refractivity contribution in [1.82, 2.24) is 0 Å². The lowest BCUT2D eigenvalue weighted by Gasteiger charge is -2.24. The van der Waals surface area contributed by atoms with Crippen molar-refractivity contribution in [3.05, 3.63) is 12.2 Å². The van der Waals surface area contributed by atoms with E-state index in [1.165, 1.54) is 263 Å². The first-order valence-corrected chi connectivity index (χ1v) is 32.4. The molecular formula is C61H123NO7P+. The number of ether oxygens (including phenoxy) is 2. The summed E-state index contributed by atoms with van der Waals surface area (Å²) in [7, 11) is 1.69. The summed E-state index contributed by atoms with van der Waals surface area (Å²) < 4.78 is 35.3. The van der Waals surface area contributed by atoms with Crippen molar-refractivity contribution in [2.45, 2.75) is 322 Å². The SMILES string of the molecule is CCCCCCCCCC/C=C\CCCCCCCCCCCCCCCC(=O)OC(COCCCCCCCCCCCCCCCCCCCCCCCCC)COP(=O)(O)OCC[N+](C)(C)C.